The van der Waals surface area contributed by atoms with Gasteiger partial charge in [-0.1, -0.05) is 78.1 Å². The number of hydrogen-bond donors (Lipinski definition) is 0. The molecule has 0 heterocycles. The minimum absolute atomic E-state index is 1.05. The summed E-state index contributed by atoms with van der Waals surface area (Å²) in [6.45, 7) is 4.74. The molecule has 1 fully saturated rings. The van der Waals surface area contributed by atoms with Gasteiger partial charge in [0, 0.05) is 0 Å². The van der Waals surface area contributed by atoms with Crippen molar-refractivity contribution < 1.29 is 0 Å². The third-order valence-electron chi connectivity index (χ3n) is 4.00. The molecule has 0 bridgehead atoms. The summed E-state index contributed by atoms with van der Waals surface area (Å²) >= 11 is 0. The summed E-state index contributed by atoms with van der Waals surface area (Å²) in [4.78, 5) is 0. The molecule has 0 radical (unpaired) electrons. The van der Waals surface area contributed by atoms with Crippen LogP contribution in [-0.2, 0) is 0 Å². The first-order valence-electron chi connectivity index (χ1n) is 6.88. The molecule has 2 unspecified atom stereocenters. The maximum atomic E-state index is 2.39. The number of rotatable bonds is 3. The first-order valence-corrected chi connectivity index (χ1v) is 6.88. The molecule has 0 amide bonds. The van der Waals surface area contributed by atoms with E-state index in [1.165, 1.54) is 64.2 Å². The molecule has 0 aromatic carbocycles. The van der Waals surface area contributed by atoms with Gasteiger partial charge in [-0.15, -0.1) is 0 Å². The van der Waals surface area contributed by atoms with E-state index in [1.54, 1.807) is 0 Å². The predicted molar refractivity (Wildman–Crippen MR) is 64.5 cm³/mol. The molecule has 1 rings (SSSR count). The second kappa shape index (κ2) is 7.31. The molecule has 14 heavy (non-hydrogen) atoms. The second-order valence-electron chi connectivity index (χ2n) is 5.06. The molecule has 0 aromatic rings. The van der Waals surface area contributed by atoms with E-state index >= 15 is 0 Å². The quantitative estimate of drug-likeness (QED) is 0.584. The highest BCUT2D eigenvalue weighted by molar-refractivity contribution is 4.71. The monoisotopic (exact) mass is 196 g/mol. The Morgan fingerprint density at radius 2 is 1.36 bits per heavy atom. The van der Waals surface area contributed by atoms with E-state index in [-0.39, 0.29) is 0 Å². The van der Waals surface area contributed by atoms with Crippen molar-refractivity contribution in [3.05, 3.63) is 0 Å². The Morgan fingerprint density at radius 1 is 0.786 bits per heavy atom. The topological polar surface area (TPSA) is 0 Å². The first-order chi connectivity index (χ1) is 6.88. The molecule has 0 heteroatoms. The van der Waals surface area contributed by atoms with Crippen molar-refractivity contribution in [3.63, 3.8) is 0 Å². The fourth-order valence-corrected chi connectivity index (χ4v) is 3.10. The van der Waals surface area contributed by atoms with Crippen LogP contribution < -0.4 is 0 Å². The molecule has 0 saturated heterocycles. The van der Waals surface area contributed by atoms with E-state index in [1.807, 2.05) is 0 Å². The summed E-state index contributed by atoms with van der Waals surface area (Å²) in [6, 6.07) is 0. The fraction of sp³-hybridized carbons (Fsp3) is 1.00. The minimum Gasteiger partial charge on any atom is -0.0654 e. The van der Waals surface area contributed by atoms with Crippen molar-refractivity contribution in [2.75, 3.05) is 0 Å². The molecule has 0 spiro atoms. The lowest BCUT2D eigenvalue weighted by molar-refractivity contribution is 0.264. The molecule has 0 aliphatic heterocycles. The number of hydrogen-bond acceptors (Lipinski definition) is 0. The van der Waals surface area contributed by atoms with E-state index in [4.69, 9.17) is 0 Å². The van der Waals surface area contributed by atoms with Crippen LogP contribution >= 0.6 is 0 Å². The first kappa shape index (κ1) is 12.1. The van der Waals surface area contributed by atoms with Gasteiger partial charge in [0.05, 0.1) is 0 Å². The highest BCUT2D eigenvalue weighted by Crippen LogP contribution is 2.32. The SMILES string of the molecule is CCCC1CCCCCCCC1CC. The van der Waals surface area contributed by atoms with Crippen molar-refractivity contribution in [3.8, 4) is 0 Å². The van der Waals surface area contributed by atoms with Crippen molar-refractivity contribution in [2.45, 2.75) is 78.1 Å². The Balaban J connectivity index is 2.43. The smallest absolute Gasteiger partial charge is 0.0386 e. The third-order valence-corrected chi connectivity index (χ3v) is 4.00. The van der Waals surface area contributed by atoms with Gasteiger partial charge in [0.1, 0.15) is 0 Å². The summed E-state index contributed by atoms with van der Waals surface area (Å²) in [6.07, 6.45) is 14.8. The van der Waals surface area contributed by atoms with E-state index in [0.29, 0.717) is 0 Å². The van der Waals surface area contributed by atoms with Gasteiger partial charge in [0.2, 0.25) is 0 Å². The summed E-state index contributed by atoms with van der Waals surface area (Å²) in [5.74, 6) is 2.11. The Morgan fingerprint density at radius 3 is 1.93 bits per heavy atom. The summed E-state index contributed by atoms with van der Waals surface area (Å²) in [7, 11) is 0. The lowest BCUT2D eigenvalue weighted by atomic mass is 9.81. The normalized spacial score (nSPS) is 30.4. The molecule has 2 atom stereocenters. The molecule has 1 aliphatic rings. The van der Waals surface area contributed by atoms with Crippen LogP contribution in [0.3, 0.4) is 0 Å². The van der Waals surface area contributed by atoms with Gasteiger partial charge in [0.25, 0.3) is 0 Å². The van der Waals surface area contributed by atoms with Crippen LogP contribution in [-0.4, -0.2) is 0 Å². The highest BCUT2D eigenvalue weighted by Gasteiger charge is 2.19. The average molecular weight is 196 g/mol. The summed E-state index contributed by atoms with van der Waals surface area (Å²) in [5, 5.41) is 0. The van der Waals surface area contributed by atoms with Crippen molar-refractivity contribution in [1.29, 1.82) is 0 Å². The van der Waals surface area contributed by atoms with Crippen molar-refractivity contribution >= 4 is 0 Å². The van der Waals surface area contributed by atoms with Crippen LogP contribution in [0.5, 0.6) is 0 Å². The van der Waals surface area contributed by atoms with Crippen LogP contribution in [0.1, 0.15) is 78.1 Å². The maximum absolute atomic E-state index is 2.39. The molecular weight excluding hydrogens is 168 g/mol. The summed E-state index contributed by atoms with van der Waals surface area (Å²) in [5.41, 5.74) is 0. The van der Waals surface area contributed by atoms with Crippen molar-refractivity contribution in [2.24, 2.45) is 11.8 Å². The highest BCUT2D eigenvalue weighted by atomic mass is 14.2. The molecule has 0 nitrogen and oxygen atoms in total. The van der Waals surface area contributed by atoms with E-state index in [2.05, 4.69) is 13.8 Å². The summed E-state index contributed by atoms with van der Waals surface area (Å²) < 4.78 is 0. The van der Waals surface area contributed by atoms with E-state index in [0.717, 1.165) is 11.8 Å². The van der Waals surface area contributed by atoms with Gasteiger partial charge in [-0.2, -0.15) is 0 Å². The third kappa shape index (κ3) is 4.02. The molecule has 84 valence electrons. The molecular formula is C14H28. The van der Waals surface area contributed by atoms with Gasteiger partial charge < -0.3 is 0 Å². The zero-order valence-electron chi connectivity index (χ0n) is 10.2. The molecule has 1 aliphatic carbocycles. The second-order valence-corrected chi connectivity index (χ2v) is 5.06. The predicted octanol–water partition coefficient (Wildman–Crippen LogP) is 5.17. The van der Waals surface area contributed by atoms with Gasteiger partial charge in [-0.25, -0.2) is 0 Å². The lowest BCUT2D eigenvalue weighted by Crippen LogP contribution is -2.13. The average Bonchev–Trinajstić information content (AvgIpc) is 2.30. The van der Waals surface area contributed by atoms with Crippen LogP contribution in [0.2, 0.25) is 0 Å². The van der Waals surface area contributed by atoms with Crippen LogP contribution in [0.15, 0.2) is 0 Å². The van der Waals surface area contributed by atoms with Crippen LogP contribution in [0, 0.1) is 11.8 Å². The Labute approximate surface area is 90.5 Å². The van der Waals surface area contributed by atoms with Crippen LogP contribution in [0.4, 0.5) is 0 Å². The largest absolute Gasteiger partial charge is 0.0654 e. The van der Waals surface area contributed by atoms with E-state index in [9.17, 15) is 0 Å². The molecule has 1 saturated carbocycles. The zero-order valence-corrected chi connectivity index (χ0v) is 10.2. The Hall–Kier alpha value is 0. The zero-order chi connectivity index (χ0) is 10.2. The Bertz CT molecular complexity index is 128. The maximum Gasteiger partial charge on any atom is -0.0386 e. The fourth-order valence-electron chi connectivity index (χ4n) is 3.10. The van der Waals surface area contributed by atoms with E-state index < -0.39 is 0 Å². The van der Waals surface area contributed by atoms with Gasteiger partial charge in [0.15, 0.2) is 0 Å². The standard InChI is InChI=1S/C14H28/c1-3-10-14-12-9-7-5-6-8-11-13(14)4-2/h13-14H,3-12H2,1-2H3. The Kier molecular flexibility index (Phi) is 6.31. The minimum atomic E-state index is 1.05. The lowest BCUT2D eigenvalue weighted by Gasteiger charge is -2.25. The molecule has 0 aromatic heterocycles. The van der Waals surface area contributed by atoms with Gasteiger partial charge in [-0.05, 0) is 11.8 Å². The van der Waals surface area contributed by atoms with Gasteiger partial charge >= 0.3 is 0 Å². The van der Waals surface area contributed by atoms with Crippen LogP contribution in [0.25, 0.3) is 0 Å². The van der Waals surface area contributed by atoms with Gasteiger partial charge in [-0.3, -0.25) is 0 Å². The molecule has 0 N–H and O–H groups in total. The van der Waals surface area contributed by atoms with Crippen molar-refractivity contribution in [1.82, 2.24) is 0 Å².